The van der Waals surface area contributed by atoms with Crippen LogP contribution in [-0.4, -0.2) is 9.76 Å². The van der Waals surface area contributed by atoms with E-state index in [1.54, 1.807) is 0 Å². The van der Waals surface area contributed by atoms with E-state index in [2.05, 4.69) is 43.3 Å². The summed E-state index contributed by atoms with van der Waals surface area (Å²) in [7, 11) is 0.496. The molecule has 1 unspecified atom stereocenters. The number of nitrogen functional groups attached to an aromatic ring is 1. The number of benzene rings is 2. The molecule has 2 radical (unpaired) electrons. The van der Waals surface area contributed by atoms with Gasteiger partial charge in [-0.15, -0.1) is 0 Å². The Balaban J connectivity index is 2.41. The van der Waals surface area contributed by atoms with Gasteiger partial charge >= 0.3 is 0 Å². The van der Waals surface area contributed by atoms with E-state index in [9.17, 15) is 0 Å². The molecule has 0 fully saturated rings. The first-order chi connectivity index (χ1) is 8.72. The van der Waals surface area contributed by atoms with Crippen molar-refractivity contribution in [3.8, 4) is 11.1 Å². The molecule has 2 nitrogen and oxygen atoms in total. The maximum Gasteiger partial charge on any atom is 0.227 e. The molecular weight excluding hydrogens is 238 g/mol. The fraction of sp³-hybridized carbons (Fsp3) is 0.200. The maximum absolute atomic E-state index is 5.73. The molecule has 2 rings (SSSR count). The molecule has 0 bridgehead atoms. The van der Waals surface area contributed by atoms with Gasteiger partial charge in [0.25, 0.3) is 0 Å². The Kier molecular flexibility index (Phi) is 4.18. The molecular formula is C15H17NOSi. The summed E-state index contributed by atoms with van der Waals surface area (Å²) in [4.78, 5) is 0. The molecule has 2 N–H and O–H groups in total. The maximum atomic E-state index is 5.73. The van der Waals surface area contributed by atoms with Crippen molar-refractivity contribution in [1.82, 2.24) is 0 Å². The molecule has 2 aromatic carbocycles. The van der Waals surface area contributed by atoms with Crippen LogP contribution in [0.4, 0.5) is 5.69 Å². The van der Waals surface area contributed by atoms with Gasteiger partial charge in [-0.05, 0) is 42.3 Å². The van der Waals surface area contributed by atoms with Crippen molar-refractivity contribution in [1.29, 1.82) is 0 Å². The quantitative estimate of drug-likeness (QED) is 0.668. The zero-order valence-electron chi connectivity index (χ0n) is 10.7. The first kappa shape index (κ1) is 12.9. The van der Waals surface area contributed by atoms with Crippen LogP contribution < -0.4 is 5.73 Å². The van der Waals surface area contributed by atoms with Gasteiger partial charge in [0, 0.05) is 5.69 Å². The minimum absolute atomic E-state index is 0.113. The Bertz CT molecular complexity index is 510. The van der Waals surface area contributed by atoms with Crippen LogP contribution in [0.1, 0.15) is 18.6 Å². The van der Waals surface area contributed by atoms with Crippen LogP contribution in [0.25, 0.3) is 11.1 Å². The molecule has 3 heteroatoms. The highest BCUT2D eigenvalue weighted by molar-refractivity contribution is 6.24. The van der Waals surface area contributed by atoms with Gasteiger partial charge in [0.05, 0.1) is 6.10 Å². The molecule has 0 aromatic heterocycles. The highest BCUT2D eigenvalue weighted by atomic mass is 28.2. The van der Waals surface area contributed by atoms with Crippen molar-refractivity contribution in [3.63, 3.8) is 0 Å². The van der Waals surface area contributed by atoms with Crippen molar-refractivity contribution in [2.24, 2.45) is 0 Å². The Morgan fingerprint density at radius 1 is 1.06 bits per heavy atom. The van der Waals surface area contributed by atoms with Crippen molar-refractivity contribution >= 4 is 15.5 Å². The monoisotopic (exact) mass is 255 g/mol. The summed E-state index contributed by atoms with van der Waals surface area (Å²) in [5, 5.41) is 0. The van der Waals surface area contributed by atoms with E-state index in [1.807, 2.05) is 18.7 Å². The smallest absolute Gasteiger partial charge is 0.227 e. The molecule has 0 saturated heterocycles. The predicted octanol–water partition coefficient (Wildman–Crippen LogP) is 3.68. The number of hydrogen-bond donors (Lipinski definition) is 1. The minimum atomic E-state index is 0.113. The van der Waals surface area contributed by atoms with E-state index in [4.69, 9.17) is 10.2 Å². The standard InChI is InChI=1S/C15H17NOSi/c1-11(17-18-2)14-5-3-4-6-15(14)12-7-9-13(16)10-8-12/h3-11H,16H2,1-2H3. The van der Waals surface area contributed by atoms with Crippen LogP contribution in [-0.2, 0) is 4.43 Å². The molecule has 0 spiro atoms. The first-order valence-corrected chi connectivity index (χ1v) is 7.40. The average molecular weight is 255 g/mol. The normalized spacial score (nSPS) is 12.3. The summed E-state index contributed by atoms with van der Waals surface area (Å²) in [6.07, 6.45) is 0.113. The van der Waals surface area contributed by atoms with Crippen LogP contribution in [0.15, 0.2) is 48.5 Å². The topological polar surface area (TPSA) is 35.2 Å². The van der Waals surface area contributed by atoms with Crippen LogP contribution in [0.3, 0.4) is 0 Å². The van der Waals surface area contributed by atoms with E-state index < -0.39 is 0 Å². The van der Waals surface area contributed by atoms with Crippen LogP contribution in [0.2, 0.25) is 6.55 Å². The van der Waals surface area contributed by atoms with Crippen LogP contribution in [0, 0.1) is 0 Å². The third kappa shape index (κ3) is 2.81. The Hall–Kier alpha value is -1.58. The van der Waals surface area contributed by atoms with Gasteiger partial charge in [0.15, 0.2) is 0 Å². The molecule has 0 aliphatic heterocycles. The van der Waals surface area contributed by atoms with Gasteiger partial charge in [-0.25, -0.2) is 0 Å². The number of rotatable bonds is 4. The molecule has 92 valence electrons. The lowest BCUT2D eigenvalue weighted by Gasteiger charge is -2.16. The second-order valence-electron chi connectivity index (χ2n) is 4.17. The molecule has 1 atom stereocenters. The lowest BCUT2D eigenvalue weighted by atomic mass is 9.97. The third-order valence-corrected chi connectivity index (χ3v) is 3.50. The van der Waals surface area contributed by atoms with Crippen molar-refractivity contribution < 1.29 is 4.43 Å². The molecule has 0 aliphatic carbocycles. The Labute approximate surface area is 111 Å². The molecule has 0 saturated carbocycles. The molecule has 2 aromatic rings. The van der Waals surface area contributed by atoms with Crippen LogP contribution >= 0.6 is 0 Å². The fourth-order valence-corrected chi connectivity index (χ4v) is 2.50. The van der Waals surface area contributed by atoms with E-state index in [-0.39, 0.29) is 6.10 Å². The number of hydrogen-bond acceptors (Lipinski definition) is 2. The van der Waals surface area contributed by atoms with E-state index in [0.717, 1.165) is 5.69 Å². The van der Waals surface area contributed by atoms with Gasteiger partial charge in [0.2, 0.25) is 9.76 Å². The molecule has 0 aliphatic rings. The SMILES string of the molecule is C[Si]OC(C)c1ccccc1-c1ccc(N)cc1. The average Bonchev–Trinajstić information content (AvgIpc) is 2.40. The minimum Gasteiger partial charge on any atom is -0.411 e. The largest absolute Gasteiger partial charge is 0.411 e. The summed E-state index contributed by atoms with van der Waals surface area (Å²) in [6, 6.07) is 16.3. The Morgan fingerprint density at radius 2 is 1.72 bits per heavy atom. The number of anilines is 1. The van der Waals surface area contributed by atoms with Crippen molar-refractivity contribution in [2.75, 3.05) is 5.73 Å². The Morgan fingerprint density at radius 3 is 2.39 bits per heavy atom. The zero-order chi connectivity index (χ0) is 13.0. The van der Waals surface area contributed by atoms with E-state index in [0.29, 0.717) is 9.76 Å². The van der Waals surface area contributed by atoms with Crippen molar-refractivity contribution in [3.05, 3.63) is 54.1 Å². The van der Waals surface area contributed by atoms with Gasteiger partial charge in [0.1, 0.15) is 0 Å². The first-order valence-electron chi connectivity index (χ1n) is 5.99. The van der Waals surface area contributed by atoms with E-state index >= 15 is 0 Å². The third-order valence-electron chi connectivity index (χ3n) is 2.92. The predicted molar refractivity (Wildman–Crippen MR) is 77.4 cm³/mol. The molecule has 0 amide bonds. The highest BCUT2D eigenvalue weighted by Crippen LogP contribution is 2.30. The van der Waals surface area contributed by atoms with Crippen LogP contribution in [0.5, 0.6) is 0 Å². The summed E-state index contributed by atoms with van der Waals surface area (Å²) >= 11 is 0. The van der Waals surface area contributed by atoms with Gasteiger partial charge in [-0.3, -0.25) is 0 Å². The summed E-state index contributed by atoms with van der Waals surface area (Å²) in [5.41, 5.74) is 10.1. The van der Waals surface area contributed by atoms with Gasteiger partial charge in [-0.2, -0.15) is 0 Å². The zero-order valence-corrected chi connectivity index (χ0v) is 11.7. The fourth-order valence-electron chi connectivity index (χ4n) is 2.02. The van der Waals surface area contributed by atoms with Gasteiger partial charge < -0.3 is 10.2 Å². The second kappa shape index (κ2) is 5.84. The lowest BCUT2D eigenvalue weighted by Crippen LogP contribution is -2.03. The molecule has 18 heavy (non-hydrogen) atoms. The number of nitrogens with two attached hydrogens (primary N) is 1. The van der Waals surface area contributed by atoms with Crippen molar-refractivity contribution in [2.45, 2.75) is 19.6 Å². The summed E-state index contributed by atoms with van der Waals surface area (Å²) in [5.74, 6) is 0. The van der Waals surface area contributed by atoms with E-state index in [1.165, 1.54) is 16.7 Å². The highest BCUT2D eigenvalue weighted by Gasteiger charge is 2.11. The van der Waals surface area contributed by atoms with Gasteiger partial charge in [-0.1, -0.05) is 36.4 Å². The summed E-state index contributed by atoms with van der Waals surface area (Å²) < 4.78 is 5.72. The molecule has 0 heterocycles. The lowest BCUT2D eigenvalue weighted by molar-refractivity contribution is 0.242. The summed E-state index contributed by atoms with van der Waals surface area (Å²) in [6.45, 7) is 4.13. The second-order valence-corrected chi connectivity index (χ2v) is 4.82.